The molecule has 0 radical (unpaired) electrons. The predicted octanol–water partition coefficient (Wildman–Crippen LogP) is 4.27. The second-order valence-electron chi connectivity index (χ2n) is 6.97. The summed E-state index contributed by atoms with van der Waals surface area (Å²) in [7, 11) is 1.58. The number of hydrogen-bond acceptors (Lipinski definition) is 5. The van der Waals surface area contributed by atoms with Crippen LogP contribution in [0, 0.1) is 5.92 Å². The molecule has 0 aliphatic carbocycles. The van der Waals surface area contributed by atoms with Gasteiger partial charge in [0.05, 0.1) is 25.3 Å². The van der Waals surface area contributed by atoms with Crippen molar-refractivity contribution in [3.63, 3.8) is 0 Å². The number of hydrogen-bond donors (Lipinski definition) is 1. The van der Waals surface area contributed by atoms with Gasteiger partial charge in [0.1, 0.15) is 5.75 Å². The molecule has 0 saturated heterocycles. The number of benzene rings is 1. The maximum atomic E-state index is 12.8. The topological polar surface area (TPSA) is 66.8 Å². The van der Waals surface area contributed by atoms with Crippen LogP contribution in [0.25, 0.3) is 0 Å². The molecule has 6 heteroatoms. The van der Waals surface area contributed by atoms with Crippen LogP contribution in [0.2, 0.25) is 0 Å². The van der Waals surface area contributed by atoms with E-state index in [4.69, 9.17) is 4.74 Å². The van der Waals surface area contributed by atoms with E-state index < -0.39 is 17.7 Å². The first kappa shape index (κ1) is 19.2. The van der Waals surface area contributed by atoms with E-state index in [2.05, 4.69) is 0 Å². The van der Waals surface area contributed by atoms with Crippen LogP contribution < -0.4 is 4.74 Å². The zero-order valence-corrected chi connectivity index (χ0v) is 16.5. The van der Waals surface area contributed by atoms with Gasteiger partial charge in [-0.3, -0.25) is 9.59 Å². The number of aliphatic hydroxyl groups is 1. The summed E-state index contributed by atoms with van der Waals surface area (Å²) in [6, 6.07) is 10.5. The molecule has 1 aliphatic heterocycles. The van der Waals surface area contributed by atoms with Gasteiger partial charge < -0.3 is 14.7 Å². The van der Waals surface area contributed by atoms with Crippen molar-refractivity contribution >= 4 is 23.0 Å². The number of ether oxygens (including phenoxy) is 1. The third kappa shape index (κ3) is 3.90. The number of rotatable bonds is 7. The van der Waals surface area contributed by atoms with Crippen LogP contribution in [-0.2, 0) is 16.1 Å². The summed E-state index contributed by atoms with van der Waals surface area (Å²) in [5, 5.41) is 12.5. The van der Waals surface area contributed by atoms with Gasteiger partial charge in [0.25, 0.3) is 5.91 Å². The van der Waals surface area contributed by atoms with Crippen LogP contribution in [0.15, 0.2) is 53.1 Å². The van der Waals surface area contributed by atoms with Gasteiger partial charge in [-0.15, -0.1) is 11.3 Å². The maximum Gasteiger partial charge on any atom is 0.290 e. The van der Waals surface area contributed by atoms with E-state index in [1.165, 1.54) is 11.3 Å². The van der Waals surface area contributed by atoms with E-state index in [0.29, 0.717) is 12.3 Å². The molecule has 3 rings (SSSR count). The molecule has 2 heterocycles. The Balaban J connectivity index is 2.02. The molecule has 1 aromatic heterocycles. The number of carbonyl (C=O) groups is 2. The highest BCUT2D eigenvalue weighted by molar-refractivity contribution is 7.09. The van der Waals surface area contributed by atoms with Crippen LogP contribution in [-0.4, -0.2) is 28.8 Å². The molecule has 142 valence electrons. The van der Waals surface area contributed by atoms with Crippen molar-refractivity contribution in [2.45, 2.75) is 32.9 Å². The number of amides is 1. The van der Waals surface area contributed by atoms with Crippen LogP contribution in [0.3, 0.4) is 0 Å². The van der Waals surface area contributed by atoms with Crippen LogP contribution in [0.4, 0.5) is 0 Å². The molecule has 1 N–H and O–H groups in total. The number of carbonyl (C=O) groups excluding carboxylic acids is 2. The number of aliphatic hydroxyl groups excluding tert-OH is 1. The lowest BCUT2D eigenvalue weighted by Crippen LogP contribution is -2.30. The average Bonchev–Trinajstić information content (AvgIpc) is 3.23. The minimum atomic E-state index is -0.600. The van der Waals surface area contributed by atoms with Gasteiger partial charge in [0.2, 0.25) is 0 Å². The van der Waals surface area contributed by atoms with Gasteiger partial charge in [-0.2, -0.15) is 0 Å². The maximum absolute atomic E-state index is 12.8. The van der Waals surface area contributed by atoms with Crippen molar-refractivity contribution in [2.24, 2.45) is 5.92 Å². The molecule has 2 aromatic rings. The van der Waals surface area contributed by atoms with Gasteiger partial charge in [-0.1, -0.05) is 32.0 Å². The van der Waals surface area contributed by atoms with Crippen molar-refractivity contribution in [3.05, 3.63) is 63.6 Å². The predicted molar refractivity (Wildman–Crippen MR) is 105 cm³/mol. The lowest BCUT2D eigenvalue weighted by molar-refractivity contribution is -0.130. The fraction of sp³-hybridized carbons (Fsp3) is 0.333. The molecule has 0 spiro atoms. The largest absolute Gasteiger partial charge is 0.503 e. The number of Topliss-reactive ketones (excluding diaryl/α,β-unsaturated/α-hetero) is 1. The Bertz CT molecular complexity index is 853. The molecule has 1 atom stereocenters. The first-order valence-corrected chi connectivity index (χ1v) is 9.74. The molecule has 1 aliphatic rings. The first-order chi connectivity index (χ1) is 12.9. The molecule has 1 amide bonds. The molecule has 27 heavy (non-hydrogen) atoms. The van der Waals surface area contributed by atoms with E-state index in [0.717, 1.165) is 10.4 Å². The monoisotopic (exact) mass is 385 g/mol. The Morgan fingerprint density at radius 3 is 2.52 bits per heavy atom. The molecule has 1 unspecified atom stereocenters. The summed E-state index contributed by atoms with van der Waals surface area (Å²) >= 11 is 1.54. The molecule has 0 bridgehead atoms. The Labute approximate surface area is 162 Å². The number of nitrogens with zero attached hydrogens (tertiary/aromatic N) is 1. The van der Waals surface area contributed by atoms with Gasteiger partial charge in [0, 0.05) is 11.3 Å². The van der Waals surface area contributed by atoms with E-state index >= 15 is 0 Å². The first-order valence-electron chi connectivity index (χ1n) is 8.86. The number of ketones is 1. The van der Waals surface area contributed by atoms with E-state index in [1.54, 1.807) is 24.1 Å². The van der Waals surface area contributed by atoms with Gasteiger partial charge >= 0.3 is 0 Å². The molecule has 0 saturated carbocycles. The van der Waals surface area contributed by atoms with Gasteiger partial charge in [0.15, 0.2) is 11.5 Å². The Morgan fingerprint density at radius 2 is 1.96 bits per heavy atom. The third-order valence-electron chi connectivity index (χ3n) is 4.54. The fourth-order valence-electron chi connectivity index (χ4n) is 3.29. The van der Waals surface area contributed by atoms with Gasteiger partial charge in [-0.25, -0.2) is 0 Å². The number of methoxy groups -OCH3 is 1. The van der Waals surface area contributed by atoms with E-state index in [-0.39, 0.29) is 23.7 Å². The van der Waals surface area contributed by atoms with Crippen LogP contribution >= 0.6 is 11.3 Å². The number of thiophene rings is 1. The minimum Gasteiger partial charge on any atom is -0.503 e. The molecule has 5 nitrogen and oxygen atoms in total. The van der Waals surface area contributed by atoms with Crippen molar-refractivity contribution in [1.82, 2.24) is 4.90 Å². The summed E-state index contributed by atoms with van der Waals surface area (Å²) in [6.07, 6.45) is 0.284. The summed E-state index contributed by atoms with van der Waals surface area (Å²) in [5.74, 6) is -0.299. The second-order valence-corrected chi connectivity index (χ2v) is 8.00. The van der Waals surface area contributed by atoms with Crippen LogP contribution in [0.5, 0.6) is 5.75 Å². The summed E-state index contributed by atoms with van der Waals surface area (Å²) in [6.45, 7) is 4.23. The smallest absolute Gasteiger partial charge is 0.290 e. The van der Waals surface area contributed by atoms with E-state index in [1.807, 2.05) is 43.5 Å². The quantitative estimate of drug-likeness (QED) is 0.773. The second kappa shape index (κ2) is 7.96. The SMILES string of the molecule is COc1ccc(C2C(C(=O)CC(C)C)=C(O)C(=O)N2Cc2cccs2)cc1. The Hall–Kier alpha value is -2.60. The molecular weight excluding hydrogens is 362 g/mol. The Morgan fingerprint density at radius 1 is 1.26 bits per heavy atom. The summed E-state index contributed by atoms with van der Waals surface area (Å²) in [4.78, 5) is 28.2. The summed E-state index contributed by atoms with van der Waals surface area (Å²) < 4.78 is 5.21. The minimum absolute atomic E-state index is 0.135. The zero-order valence-electron chi connectivity index (χ0n) is 15.6. The van der Waals surface area contributed by atoms with E-state index in [9.17, 15) is 14.7 Å². The van der Waals surface area contributed by atoms with Crippen molar-refractivity contribution in [2.75, 3.05) is 7.11 Å². The standard InChI is InChI=1S/C21H23NO4S/c1-13(2)11-17(23)18-19(14-6-8-15(26-3)9-7-14)22(21(25)20(18)24)12-16-5-4-10-27-16/h4-10,13,19,24H,11-12H2,1-3H3. The van der Waals surface area contributed by atoms with Crippen LogP contribution in [0.1, 0.15) is 36.8 Å². The lowest BCUT2D eigenvalue weighted by atomic mass is 9.92. The van der Waals surface area contributed by atoms with Crippen molar-refractivity contribution in [3.8, 4) is 5.75 Å². The average molecular weight is 385 g/mol. The third-order valence-corrected chi connectivity index (χ3v) is 5.40. The molecule has 1 aromatic carbocycles. The highest BCUT2D eigenvalue weighted by Gasteiger charge is 2.43. The fourth-order valence-corrected chi connectivity index (χ4v) is 3.99. The highest BCUT2D eigenvalue weighted by atomic mass is 32.1. The highest BCUT2D eigenvalue weighted by Crippen LogP contribution is 2.40. The lowest BCUT2D eigenvalue weighted by Gasteiger charge is -2.26. The Kier molecular flexibility index (Phi) is 5.65. The van der Waals surface area contributed by atoms with Crippen molar-refractivity contribution < 1.29 is 19.4 Å². The molecule has 0 fully saturated rings. The summed E-state index contributed by atoms with van der Waals surface area (Å²) in [5.41, 5.74) is 0.965. The van der Waals surface area contributed by atoms with Gasteiger partial charge in [-0.05, 0) is 35.1 Å². The molecular formula is C21H23NO4S. The van der Waals surface area contributed by atoms with Crippen molar-refractivity contribution in [1.29, 1.82) is 0 Å². The normalized spacial score (nSPS) is 17.1. The zero-order chi connectivity index (χ0) is 19.6.